The number of aryl methyl sites for hydroxylation is 1. The van der Waals surface area contributed by atoms with E-state index in [0.29, 0.717) is 0 Å². The van der Waals surface area contributed by atoms with Gasteiger partial charge >= 0.3 is 5.97 Å². The molecule has 0 amide bonds. The van der Waals surface area contributed by atoms with E-state index in [-0.39, 0.29) is 0 Å². The van der Waals surface area contributed by atoms with Gasteiger partial charge in [0, 0.05) is 0 Å². The molecule has 0 saturated heterocycles. The Kier molecular flexibility index (Phi) is 2.75. The molecule has 0 bridgehead atoms. The van der Waals surface area contributed by atoms with E-state index in [4.69, 9.17) is 5.11 Å². The average molecular weight is 190 g/mol. The van der Waals surface area contributed by atoms with Crippen LogP contribution in [-0.2, 0) is 10.2 Å². The highest BCUT2D eigenvalue weighted by Crippen LogP contribution is 2.25. The molecule has 0 unspecified atom stereocenters. The van der Waals surface area contributed by atoms with Gasteiger partial charge in [0.05, 0.1) is 0 Å². The Morgan fingerprint density at radius 2 is 1.93 bits per heavy atom. The first-order valence-corrected chi connectivity index (χ1v) is 4.45. The monoisotopic (exact) mass is 190 g/mol. The van der Waals surface area contributed by atoms with E-state index in [1.54, 1.807) is 6.92 Å². The largest absolute Gasteiger partial charge is 0.480 e. The van der Waals surface area contributed by atoms with E-state index in [9.17, 15) is 4.79 Å². The summed E-state index contributed by atoms with van der Waals surface area (Å²) >= 11 is 0. The Labute approximate surface area is 83.9 Å². The minimum atomic E-state index is -0.992. The molecule has 2 nitrogen and oxygen atoms in total. The molecule has 0 aliphatic rings. The quantitative estimate of drug-likeness (QED) is 0.743. The number of rotatable bonds is 3. The Morgan fingerprint density at radius 1 is 1.43 bits per heavy atom. The second-order valence-corrected chi connectivity index (χ2v) is 3.58. The molecule has 1 rings (SSSR count). The van der Waals surface area contributed by atoms with Crippen LogP contribution in [0, 0.1) is 6.92 Å². The topological polar surface area (TPSA) is 37.3 Å². The van der Waals surface area contributed by atoms with Crippen molar-refractivity contribution in [3.8, 4) is 0 Å². The summed E-state index contributed by atoms with van der Waals surface area (Å²) in [5, 5.41) is 9.08. The van der Waals surface area contributed by atoms with E-state index in [1.165, 1.54) is 6.08 Å². The summed E-state index contributed by atoms with van der Waals surface area (Å²) in [7, 11) is 0. The van der Waals surface area contributed by atoms with Crippen LogP contribution in [0.15, 0.2) is 36.9 Å². The van der Waals surface area contributed by atoms with Gasteiger partial charge in [-0.05, 0) is 19.4 Å². The Bertz CT molecular complexity index is 351. The summed E-state index contributed by atoms with van der Waals surface area (Å²) in [6.07, 6.45) is 1.46. The fourth-order valence-electron chi connectivity index (χ4n) is 1.23. The zero-order chi connectivity index (χ0) is 10.8. The average Bonchev–Trinajstić information content (AvgIpc) is 2.17. The van der Waals surface area contributed by atoms with Crippen molar-refractivity contribution in [2.24, 2.45) is 0 Å². The summed E-state index contributed by atoms with van der Waals surface area (Å²) in [6.45, 7) is 7.19. The first kappa shape index (κ1) is 10.5. The molecular formula is C12H14O2. The van der Waals surface area contributed by atoms with E-state index in [1.807, 2.05) is 31.2 Å². The molecule has 0 aliphatic heterocycles. The van der Waals surface area contributed by atoms with Gasteiger partial charge in [-0.1, -0.05) is 35.9 Å². The maximum absolute atomic E-state index is 11.1. The zero-order valence-electron chi connectivity index (χ0n) is 8.45. The third-order valence-electron chi connectivity index (χ3n) is 2.50. The van der Waals surface area contributed by atoms with Gasteiger partial charge in [0.1, 0.15) is 5.41 Å². The molecule has 0 aliphatic carbocycles. The molecule has 2 heteroatoms. The van der Waals surface area contributed by atoms with Gasteiger partial charge in [-0.25, -0.2) is 0 Å². The smallest absolute Gasteiger partial charge is 0.317 e. The number of aliphatic carboxylic acids is 1. The number of hydrogen-bond acceptors (Lipinski definition) is 1. The molecule has 0 spiro atoms. The first-order valence-electron chi connectivity index (χ1n) is 4.45. The van der Waals surface area contributed by atoms with E-state index in [2.05, 4.69) is 6.58 Å². The van der Waals surface area contributed by atoms with Crippen LogP contribution in [0.5, 0.6) is 0 Å². The molecule has 0 aromatic heterocycles. The van der Waals surface area contributed by atoms with Crippen molar-refractivity contribution in [1.29, 1.82) is 0 Å². The van der Waals surface area contributed by atoms with Gasteiger partial charge in [0.15, 0.2) is 0 Å². The Hall–Kier alpha value is -1.57. The Balaban J connectivity index is 3.19. The number of carbonyl (C=O) groups is 1. The van der Waals surface area contributed by atoms with E-state index in [0.717, 1.165) is 11.1 Å². The lowest BCUT2D eigenvalue weighted by molar-refractivity contribution is -0.141. The van der Waals surface area contributed by atoms with Crippen LogP contribution in [0.3, 0.4) is 0 Å². The molecule has 0 fully saturated rings. The maximum Gasteiger partial charge on any atom is 0.317 e. The van der Waals surface area contributed by atoms with Crippen molar-refractivity contribution in [2.75, 3.05) is 0 Å². The van der Waals surface area contributed by atoms with Gasteiger partial charge in [-0.3, -0.25) is 4.79 Å². The van der Waals surface area contributed by atoms with Gasteiger partial charge in [0.25, 0.3) is 0 Å². The highest BCUT2D eigenvalue weighted by atomic mass is 16.4. The number of carboxylic acids is 1. The molecule has 0 heterocycles. The minimum Gasteiger partial charge on any atom is -0.480 e. The molecule has 14 heavy (non-hydrogen) atoms. The van der Waals surface area contributed by atoms with Crippen LogP contribution in [-0.4, -0.2) is 11.1 Å². The SMILES string of the molecule is C=C[C@](C)(C(=O)O)c1ccc(C)cc1. The fourth-order valence-corrected chi connectivity index (χ4v) is 1.23. The molecule has 1 atom stereocenters. The third kappa shape index (κ3) is 1.69. The summed E-state index contributed by atoms with van der Waals surface area (Å²) in [5.74, 6) is -0.878. The second kappa shape index (κ2) is 3.66. The molecule has 0 radical (unpaired) electrons. The van der Waals surface area contributed by atoms with E-state index < -0.39 is 11.4 Å². The summed E-state index contributed by atoms with van der Waals surface area (Å²) in [5.41, 5.74) is 0.879. The van der Waals surface area contributed by atoms with Crippen molar-refractivity contribution >= 4 is 5.97 Å². The predicted molar refractivity (Wildman–Crippen MR) is 56.4 cm³/mol. The van der Waals surface area contributed by atoms with Crippen molar-refractivity contribution in [1.82, 2.24) is 0 Å². The molecule has 1 aromatic rings. The van der Waals surface area contributed by atoms with Crippen LogP contribution < -0.4 is 0 Å². The van der Waals surface area contributed by atoms with Gasteiger partial charge < -0.3 is 5.11 Å². The van der Waals surface area contributed by atoms with Crippen LogP contribution >= 0.6 is 0 Å². The van der Waals surface area contributed by atoms with Crippen molar-refractivity contribution < 1.29 is 9.90 Å². The molecule has 1 N–H and O–H groups in total. The molecule has 1 aromatic carbocycles. The highest BCUT2D eigenvalue weighted by Gasteiger charge is 2.31. The van der Waals surface area contributed by atoms with Crippen LogP contribution in [0.25, 0.3) is 0 Å². The van der Waals surface area contributed by atoms with Crippen molar-refractivity contribution in [2.45, 2.75) is 19.3 Å². The normalized spacial score (nSPS) is 14.4. The van der Waals surface area contributed by atoms with Gasteiger partial charge in [-0.2, -0.15) is 0 Å². The number of hydrogen-bond donors (Lipinski definition) is 1. The van der Waals surface area contributed by atoms with Crippen LogP contribution in [0.1, 0.15) is 18.1 Å². The zero-order valence-corrected chi connectivity index (χ0v) is 8.45. The van der Waals surface area contributed by atoms with Crippen LogP contribution in [0.4, 0.5) is 0 Å². The third-order valence-corrected chi connectivity index (χ3v) is 2.50. The van der Waals surface area contributed by atoms with Crippen molar-refractivity contribution in [3.63, 3.8) is 0 Å². The van der Waals surface area contributed by atoms with Gasteiger partial charge in [0.2, 0.25) is 0 Å². The summed E-state index contributed by atoms with van der Waals surface area (Å²) in [4.78, 5) is 11.1. The van der Waals surface area contributed by atoms with Crippen LogP contribution in [0.2, 0.25) is 0 Å². The molecule has 0 saturated carbocycles. The number of carboxylic acid groups (broad SMARTS) is 1. The minimum absolute atomic E-state index is 0.755. The first-order chi connectivity index (χ1) is 6.50. The maximum atomic E-state index is 11.1. The standard InChI is InChI=1S/C12H14O2/c1-4-12(3,11(13)14)10-7-5-9(2)6-8-10/h4-8H,1H2,2-3H3,(H,13,14)/t12-/m0/s1. The highest BCUT2D eigenvalue weighted by molar-refractivity contribution is 5.83. The molecular weight excluding hydrogens is 176 g/mol. The van der Waals surface area contributed by atoms with E-state index >= 15 is 0 Å². The lowest BCUT2D eigenvalue weighted by Gasteiger charge is -2.20. The number of benzene rings is 1. The summed E-state index contributed by atoms with van der Waals surface area (Å²) < 4.78 is 0. The lowest BCUT2D eigenvalue weighted by Crippen LogP contribution is -2.29. The predicted octanol–water partition coefficient (Wildman–Crippen LogP) is 2.52. The van der Waals surface area contributed by atoms with Gasteiger partial charge in [-0.15, -0.1) is 6.58 Å². The fraction of sp³-hybridized carbons (Fsp3) is 0.250. The molecule has 74 valence electrons. The second-order valence-electron chi connectivity index (χ2n) is 3.58. The summed E-state index contributed by atoms with van der Waals surface area (Å²) in [6, 6.07) is 7.45. The Morgan fingerprint density at radius 3 is 2.29 bits per heavy atom. The van der Waals surface area contributed by atoms with Crippen molar-refractivity contribution in [3.05, 3.63) is 48.0 Å². The lowest BCUT2D eigenvalue weighted by atomic mass is 9.82.